The Labute approximate surface area is 221 Å². The van der Waals surface area contributed by atoms with Gasteiger partial charge >= 0.3 is 5.97 Å². The molecule has 1 heterocycles. The number of imide groups is 1. The van der Waals surface area contributed by atoms with E-state index in [0.29, 0.717) is 17.5 Å². The molecule has 190 valence electrons. The smallest absolute Gasteiger partial charge is 0.305 e. The third-order valence-electron chi connectivity index (χ3n) is 7.80. The van der Waals surface area contributed by atoms with Gasteiger partial charge in [-0.25, -0.2) is 0 Å². The average Bonchev–Trinajstić information content (AvgIpc) is 3.11. The maximum atomic E-state index is 13.5. The van der Waals surface area contributed by atoms with Crippen LogP contribution in [0.1, 0.15) is 36.3 Å². The largest absolute Gasteiger partial charge is 0.507 e. The summed E-state index contributed by atoms with van der Waals surface area (Å²) in [4.78, 5) is 65.2. The van der Waals surface area contributed by atoms with Crippen LogP contribution in [0.3, 0.4) is 0 Å². The van der Waals surface area contributed by atoms with Crippen LogP contribution in [0.25, 0.3) is 0 Å². The second-order valence-electron chi connectivity index (χ2n) is 9.71. The van der Waals surface area contributed by atoms with Crippen LogP contribution in [0.5, 0.6) is 5.75 Å². The highest BCUT2D eigenvalue weighted by molar-refractivity contribution is 9.12. The van der Waals surface area contributed by atoms with Crippen LogP contribution in [0, 0.1) is 17.8 Å². The average molecular weight is 566 g/mol. The van der Waals surface area contributed by atoms with Gasteiger partial charge in [-0.15, -0.1) is 6.58 Å². The van der Waals surface area contributed by atoms with Crippen molar-refractivity contribution in [1.29, 1.82) is 0 Å². The Morgan fingerprint density at radius 3 is 2.62 bits per heavy atom. The molecule has 0 saturated carbocycles. The number of carbonyl (C=O) groups is 5. The predicted molar refractivity (Wildman–Crippen MR) is 136 cm³/mol. The number of Topliss-reactive ketones (excluding diaryl/α,β-unsaturated/α-hetero) is 1. The summed E-state index contributed by atoms with van der Waals surface area (Å²) in [6.45, 7) is 3.52. The van der Waals surface area contributed by atoms with Gasteiger partial charge in [0, 0.05) is 35.2 Å². The van der Waals surface area contributed by atoms with E-state index in [9.17, 15) is 29.1 Å². The fraction of sp³-hybridized carbons (Fsp3) is 0.321. The number of nitrogens with zero attached hydrogens (tertiary/aromatic N) is 1. The molecule has 2 amide bonds. The van der Waals surface area contributed by atoms with Gasteiger partial charge in [-0.2, -0.15) is 0 Å². The monoisotopic (exact) mass is 565 g/mol. The van der Waals surface area contributed by atoms with Crippen LogP contribution in [-0.4, -0.2) is 51.0 Å². The number of para-hydroxylation sites is 1. The molecule has 1 aromatic carbocycles. The first-order valence-electron chi connectivity index (χ1n) is 12.0. The molecule has 2 N–H and O–H groups in total. The number of benzene rings is 1. The zero-order valence-corrected chi connectivity index (χ0v) is 21.4. The molecule has 1 aromatic rings. The van der Waals surface area contributed by atoms with Crippen molar-refractivity contribution in [2.75, 3.05) is 6.54 Å². The first-order valence-corrected chi connectivity index (χ1v) is 12.8. The van der Waals surface area contributed by atoms with E-state index in [1.165, 1.54) is 6.08 Å². The number of likely N-dealkylation sites (tertiary alicyclic amines) is 1. The predicted octanol–water partition coefficient (Wildman–Crippen LogP) is 3.36. The number of aliphatic carboxylic acids is 1. The number of hydrogen-bond acceptors (Lipinski definition) is 6. The maximum absolute atomic E-state index is 13.5. The summed E-state index contributed by atoms with van der Waals surface area (Å²) >= 11 is 3.18. The minimum atomic E-state index is -1.11. The van der Waals surface area contributed by atoms with Gasteiger partial charge in [-0.05, 0) is 46.7 Å². The molecule has 0 aromatic heterocycles. The number of amides is 2. The fourth-order valence-electron chi connectivity index (χ4n) is 6.22. The number of carbonyl (C=O) groups excluding carboxylic acids is 4. The number of carboxylic acids is 1. The lowest BCUT2D eigenvalue weighted by Crippen LogP contribution is -2.39. The molecular formula is C28H24BrNO7. The van der Waals surface area contributed by atoms with Gasteiger partial charge in [0.25, 0.3) is 0 Å². The molecule has 9 heteroatoms. The molecule has 4 unspecified atom stereocenters. The zero-order chi connectivity index (χ0) is 26.6. The van der Waals surface area contributed by atoms with E-state index in [4.69, 9.17) is 5.11 Å². The molecule has 1 aliphatic heterocycles. The van der Waals surface area contributed by atoms with Crippen LogP contribution >= 0.6 is 15.9 Å². The van der Waals surface area contributed by atoms with Crippen molar-refractivity contribution in [3.8, 4) is 5.75 Å². The minimum Gasteiger partial charge on any atom is -0.507 e. The van der Waals surface area contributed by atoms with Gasteiger partial charge < -0.3 is 10.2 Å². The number of phenolic OH excluding ortho intramolecular Hbond substituents is 1. The van der Waals surface area contributed by atoms with Gasteiger partial charge in [0.15, 0.2) is 11.6 Å². The van der Waals surface area contributed by atoms with Crippen molar-refractivity contribution in [3.05, 3.63) is 75.3 Å². The Bertz CT molecular complexity index is 1380. The number of phenols is 1. The highest BCUT2D eigenvalue weighted by atomic mass is 79.9. The summed E-state index contributed by atoms with van der Waals surface area (Å²) in [7, 11) is 0. The summed E-state index contributed by atoms with van der Waals surface area (Å²) in [5, 5.41) is 20.3. The summed E-state index contributed by atoms with van der Waals surface area (Å²) < 4.78 is 0.122. The normalized spacial score (nSPS) is 26.9. The SMILES string of the molecule is C=CCc1cccc(C2C3=CCC4C(=O)N(CCC(=O)O)C(=O)C4C3CC3=C2C(=O)C=C(Br)C3=O)c1O. The molecule has 4 aliphatic rings. The number of aromatic hydroxyl groups is 1. The Morgan fingerprint density at radius 2 is 1.92 bits per heavy atom. The summed E-state index contributed by atoms with van der Waals surface area (Å²) in [5.41, 5.74) is 2.34. The Balaban J connectivity index is 1.65. The minimum absolute atomic E-state index is 0.00583. The van der Waals surface area contributed by atoms with E-state index >= 15 is 0 Å². The number of carboxylic acid groups (broad SMARTS) is 1. The number of rotatable bonds is 6. The molecule has 1 saturated heterocycles. The van der Waals surface area contributed by atoms with Crippen molar-refractivity contribution in [2.24, 2.45) is 17.8 Å². The number of hydrogen-bond donors (Lipinski definition) is 2. The molecule has 3 aliphatic carbocycles. The highest BCUT2D eigenvalue weighted by Crippen LogP contribution is 2.56. The Kier molecular flexibility index (Phi) is 6.35. The first kappa shape index (κ1) is 25.1. The number of halogens is 1. The Morgan fingerprint density at radius 1 is 1.16 bits per heavy atom. The topological polar surface area (TPSA) is 129 Å². The number of ketones is 2. The summed E-state index contributed by atoms with van der Waals surface area (Å²) in [5.74, 6) is -5.44. The fourth-order valence-corrected chi connectivity index (χ4v) is 6.67. The van der Waals surface area contributed by atoms with Crippen LogP contribution in [0.2, 0.25) is 0 Å². The summed E-state index contributed by atoms with van der Waals surface area (Å²) in [6.07, 6.45) is 5.15. The second-order valence-corrected chi connectivity index (χ2v) is 10.6. The zero-order valence-electron chi connectivity index (χ0n) is 19.8. The van der Waals surface area contributed by atoms with Crippen molar-refractivity contribution in [3.63, 3.8) is 0 Å². The molecule has 4 atom stereocenters. The molecule has 8 nitrogen and oxygen atoms in total. The van der Waals surface area contributed by atoms with Crippen molar-refractivity contribution >= 4 is 45.3 Å². The van der Waals surface area contributed by atoms with Crippen molar-refractivity contribution in [1.82, 2.24) is 4.90 Å². The molecule has 0 bridgehead atoms. The van der Waals surface area contributed by atoms with E-state index in [-0.39, 0.29) is 58.8 Å². The molecule has 5 rings (SSSR count). The van der Waals surface area contributed by atoms with Gasteiger partial charge in [0.1, 0.15) is 5.75 Å². The Hall–Kier alpha value is -3.59. The quantitative estimate of drug-likeness (QED) is 0.307. The van der Waals surface area contributed by atoms with Crippen molar-refractivity contribution < 1.29 is 34.2 Å². The van der Waals surface area contributed by atoms with Crippen LogP contribution in [-0.2, 0) is 30.4 Å². The standard InChI is InChI=1S/C28H24BrNO7/c1-2-4-13-5-3-6-15(25(13)34)22-14-7-8-16-23(28(37)30(27(16)36)10-9-21(32)33)17(14)11-18-24(22)20(31)12-19(29)26(18)35/h2-3,5-7,12,16-17,22-23,34H,1,4,8-11H2,(H,32,33). The van der Waals surface area contributed by atoms with Gasteiger partial charge in [-0.1, -0.05) is 35.9 Å². The second kappa shape index (κ2) is 9.37. The molecule has 37 heavy (non-hydrogen) atoms. The lowest BCUT2D eigenvalue weighted by atomic mass is 9.59. The highest BCUT2D eigenvalue weighted by Gasteiger charge is 2.56. The van der Waals surface area contributed by atoms with Gasteiger partial charge in [-0.3, -0.25) is 28.9 Å². The van der Waals surface area contributed by atoms with Gasteiger partial charge in [0.2, 0.25) is 11.8 Å². The lowest BCUT2D eigenvalue weighted by Gasteiger charge is -2.42. The molecule has 1 fully saturated rings. The maximum Gasteiger partial charge on any atom is 0.305 e. The van der Waals surface area contributed by atoms with E-state index in [2.05, 4.69) is 22.5 Å². The summed E-state index contributed by atoms with van der Waals surface area (Å²) in [6, 6.07) is 5.23. The van der Waals surface area contributed by atoms with E-state index in [0.717, 1.165) is 10.5 Å². The first-order chi connectivity index (χ1) is 17.6. The van der Waals surface area contributed by atoms with Gasteiger partial charge in [0.05, 0.1) is 22.7 Å². The molecule has 0 spiro atoms. The van der Waals surface area contributed by atoms with Crippen LogP contribution in [0.4, 0.5) is 0 Å². The van der Waals surface area contributed by atoms with E-state index in [1.54, 1.807) is 24.3 Å². The molecular weight excluding hydrogens is 542 g/mol. The van der Waals surface area contributed by atoms with Crippen LogP contribution in [0.15, 0.2) is 64.2 Å². The third-order valence-corrected chi connectivity index (χ3v) is 8.39. The molecule has 0 radical (unpaired) electrons. The van der Waals surface area contributed by atoms with Crippen molar-refractivity contribution in [2.45, 2.75) is 31.6 Å². The number of allylic oxidation sites excluding steroid dienone is 7. The van der Waals surface area contributed by atoms with E-state index in [1.807, 2.05) is 6.08 Å². The van der Waals surface area contributed by atoms with Crippen LogP contribution < -0.4 is 0 Å². The van der Waals surface area contributed by atoms with E-state index < -0.39 is 41.5 Å². The lowest BCUT2D eigenvalue weighted by molar-refractivity contribution is -0.142. The number of fused-ring (bicyclic) bond motifs is 3. The third kappa shape index (κ3) is 3.92.